The van der Waals surface area contributed by atoms with Gasteiger partial charge in [-0.25, -0.2) is 9.78 Å². The molecule has 2 aromatic rings. The highest BCUT2D eigenvalue weighted by molar-refractivity contribution is 6.34. The number of rotatable bonds is 2. The van der Waals surface area contributed by atoms with Gasteiger partial charge in [-0.3, -0.25) is 0 Å². The van der Waals surface area contributed by atoms with Crippen molar-refractivity contribution in [1.82, 2.24) is 4.98 Å². The molecule has 1 saturated carbocycles. The van der Waals surface area contributed by atoms with Gasteiger partial charge in [0.05, 0.1) is 5.56 Å². The number of nitrogens with zero attached hydrogens (tertiary/aromatic N) is 1. The van der Waals surface area contributed by atoms with Crippen LogP contribution in [0.25, 0.3) is 10.8 Å². The second-order valence-corrected chi connectivity index (χ2v) is 5.53. The van der Waals surface area contributed by atoms with Gasteiger partial charge in [-0.1, -0.05) is 42.3 Å². The quantitative estimate of drug-likeness (QED) is 0.608. The predicted molar refractivity (Wildman–Crippen MR) is 79.0 cm³/mol. The van der Waals surface area contributed by atoms with Crippen molar-refractivity contribution in [1.29, 1.82) is 0 Å². The molecule has 3 nitrogen and oxygen atoms in total. The molecule has 0 atom stereocenters. The third kappa shape index (κ3) is 2.63. The first-order valence-corrected chi connectivity index (χ1v) is 7.38. The molecular formula is C16H16ClNO2. The Hall–Kier alpha value is -1.61. The molecule has 3 rings (SSSR count). The van der Waals surface area contributed by atoms with Crippen LogP contribution in [0.4, 0.5) is 0 Å². The molecule has 1 aliphatic carbocycles. The van der Waals surface area contributed by atoms with E-state index in [4.69, 9.17) is 16.3 Å². The van der Waals surface area contributed by atoms with Gasteiger partial charge >= 0.3 is 5.97 Å². The van der Waals surface area contributed by atoms with E-state index < -0.39 is 0 Å². The van der Waals surface area contributed by atoms with E-state index in [0.29, 0.717) is 10.7 Å². The minimum atomic E-state index is -0.294. The van der Waals surface area contributed by atoms with E-state index in [2.05, 4.69) is 4.98 Å². The molecule has 1 fully saturated rings. The largest absolute Gasteiger partial charge is 0.459 e. The average Bonchev–Trinajstić information content (AvgIpc) is 2.49. The minimum Gasteiger partial charge on any atom is -0.459 e. The van der Waals surface area contributed by atoms with E-state index in [1.807, 2.05) is 24.3 Å². The summed E-state index contributed by atoms with van der Waals surface area (Å²) in [5.74, 6) is -0.294. The van der Waals surface area contributed by atoms with Gasteiger partial charge in [0.25, 0.3) is 0 Å². The predicted octanol–water partition coefficient (Wildman–Crippen LogP) is 4.38. The topological polar surface area (TPSA) is 39.2 Å². The number of pyridine rings is 1. The van der Waals surface area contributed by atoms with Gasteiger partial charge < -0.3 is 4.74 Å². The highest BCUT2D eigenvalue weighted by atomic mass is 35.5. The Morgan fingerprint density at radius 1 is 1.15 bits per heavy atom. The first-order chi connectivity index (χ1) is 9.75. The van der Waals surface area contributed by atoms with Gasteiger partial charge in [0, 0.05) is 17.0 Å². The molecule has 0 saturated heterocycles. The van der Waals surface area contributed by atoms with E-state index in [1.165, 1.54) is 12.6 Å². The van der Waals surface area contributed by atoms with Gasteiger partial charge in [0.15, 0.2) is 0 Å². The van der Waals surface area contributed by atoms with E-state index in [9.17, 15) is 4.79 Å². The van der Waals surface area contributed by atoms with Crippen LogP contribution in [0.3, 0.4) is 0 Å². The molecule has 1 heterocycles. The lowest BCUT2D eigenvalue weighted by atomic mass is 9.98. The third-order valence-corrected chi connectivity index (χ3v) is 4.09. The van der Waals surface area contributed by atoms with Crippen LogP contribution in [0.1, 0.15) is 42.5 Å². The monoisotopic (exact) mass is 289 g/mol. The summed E-state index contributed by atoms with van der Waals surface area (Å²) in [5.41, 5.74) is 0.496. The second kappa shape index (κ2) is 5.80. The van der Waals surface area contributed by atoms with Crippen LogP contribution in [0.15, 0.2) is 30.5 Å². The van der Waals surface area contributed by atoms with Crippen molar-refractivity contribution in [2.45, 2.75) is 38.2 Å². The van der Waals surface area contributed by atoms with Gasteiger partial charge in [-0.2, -0.15) is 0 Å². The summed E-state index contributed by atoms with van der Waals surface area (Å²) in [6.45, 7) is 0. The molecule has 4 heteroatoms. The Labute approximate surface area is 122 Å². The van der Waals surface area contributed by atoms with Crippen molar-refractivity contribution < 1.29 is 9.53 Å². The Bertz CT molecular complexity index is 635. The summed E-state index contributed by atoms with van der Waals surface area (Å²) in [6.07, 6.45) is 6.99. The van der Waals surface area contributed by atoms with Gasteiger partial charge in [0.1, 0.15) is 11.3 Å². The molecule has 0 unspecified atom stereocenters. The number of hydrogen-bond donors (Lipinski definition) is 0. The molecule has 0 radical (unpaired) electrons. The van der Waals surface area contributed by atoms with Crippen molar-refractivity contribution in [2.75, 3.05) is 0 Å². The van der Waals surface area contributed by atoms with E-state index >= 15 is 0 Å². The SMILES string of the molecule is O=C(OC1CCCCC1)c1cnc(Cl)c2ccccc12. The fourth-order valence-corrected chi connectivity index (χ4v) is 2.93. The molecule has 0 amide bonds. The summed E-state index contributed by atoms with van der Waals surface area (Å²) >= 11 is 6.06. The molecule has 0 spiro atoms. The number of benzene rings is 1. The van der Waals surface area contributed by atoms with Crippen molar-refractivity contribution in [2.24, 2.45) is 0 Å². The Morgan fingerprint density at radius 3 is 2.60 bits per heavy atom. The van der Waals surface area contributed by atoms with E-state index in [0.717, 1.165) is 36.5 Å². The van der Waals surface area contributed by atoms with Crippen LogP contribution in [0, 0.1) is 0 Å². The number of hydrogen-bond acceptors (Lipinski definition) is 3. The van der Waals surface area contributed by atoms with Crippen molar-refractivity contribution >= 4 is 28.3 Å². The molecule has 0 bridgehead atoms. The van der Waals surface area contributed by atoms with E-state index in [-0.39, 0.29) is 12.1 Å². The molecule has 104 valence electrons. The molecule has 20 heavy (non-hydrogen) atoms. The lowest BCUT2D eigenvalue weighted by Crippen LogP contribution is -2.21. The number of esters is 1. The van der Waals surface area contributed by atoms with Gasteiger partial charge in [-0.15, -0.1) is 0 Å². The molecular weight excluding hydrogens is 274 g/mol. The first-order valence-electron chi connectivity index (χ1n) is 7.00. The Kier molecular flexibility index (Phi) is 3.88. The summed E-state index contributed by atoms with van der Waals surface area (Å²) < 4.78 is 5.60. The second-order valence-electron chi connectivity index (χ2n) is 5.17. The van der Waals surface area contributed by atoms with Crippen LogP contribution >= 0.6 is 11.6 Å². The number of carbonyl (C=O) groups is 1. The smallest absolute Gasteiger partial charge is 0.340 e. The van der Waals surface area contributed by atoms with Gasteiger partial charge in [-0.05, 0) is 25.7 Å². The molecule has 1 aromatic heterocycles. The number of halogens is 1. The van der Waals surface area contributed by atoms with Crippen LogP contribution in [-0.4, -0.2) is 17.1 Å². The van der Waals surface area contributed by atoms with Crippen molar-refractivity contribution in [3.8, 4) is 0 Å². The number of ether oxygens (including phenoxy) is 1. The van der Waals surface area contributed by atoms with Gasteiger partial charge in [0.2, 0.25) is 0 Å². The van der Waals surface area contributed by atoms with Crippen LogP contribution in [0.5, 0.6) is 0 Å². The first kappa shape index (κ1) is 13.4. The van der Waals surface area contributed by atoms with Crippen LogP contribution in [0.2, 0.25) is 5.15 Å². The summed E-state index contributed by atoms with van der Waals surface area (Å²) in [6, 6.07) is 7.50. The fraction of sp³-hybridized carbons (Fsp3) is 0.375. The van der Waals surface area contributed by atoms with E-state index in [1.54, 1.807) is 0 Å². The Morgan fingerprint density at radius 2 is 1.85 bits per heavy atom. The molecule has 0 aliphatic heterocycles. The molecule has 0 N–H and O–H groups in total. The average molecular weight is 290 g/mol. The highest BCUT2D eigenvalue weighted by Gasteiger charge is 2.20. The summed E-state index contributed by atoms with van der Waals surface area (Å²) in [7, 11) is 0. The van der Waals surface area contributed by atoms with Crippen molar-refractivity contribution in [3.63, 3.8) is 0 Å². The fourth-order valence-electron chi connectivity index (χ4n) is 2.72. The highest BCUT2D eigenvalue weighted by Crippen LogP contribution is 2.26. The zero-order valence-electron chi connectivity index (χ0n) is 11.1. The Balaban J connectivity index is 1.89. The molecule has 1 aliphatic rings. The zero-order valence-corrected chi connectivity index (χ0v) is 11.9. The maximum absolute atomic E-state index is 12.3. The maximum Gasteiger partial charge on any atom is 0.340 e. The summed E-state index contributed by atoms with van der Waals surface area (Å²) in [5, 5.41) is 2.00. The number of fused-ring (bicyclic) bond motifs is 1. The van der Waals surface area contributed by atoms with Crippen molar-refractivity contribution in [3.05, 3.63) is 41.2 Å². The van der Waals surface area contributed by atoms with Crippen LogP contribution in [-0.2, 0) is 4.74 Å². The minimum absolute atomic E-state index is 0.0469. The molecule has 1 aromatic carbocycles. The zero-order chi connectivity index (χ0) is 13.9. The lowest BCUT2D eigenvalue weighted by molar-refractivity contribution is 0.0213. The lowest BCUT2D eigenvalue weighted by Gasteiger charge is -2.22. The maximum atomic E-state index is 12.3. The summed E-state index contributed by atoms with van der Waals surface area (Å²) in [4.78, 5) is 16.4. The standard InChI is InChI=1S/C16H16ClNO2/c17-15-13-9-5-4-8-12(13)14(10-18-15)16(19)20-11-6-2-1-3-7-11/h4-5,8-11H,1-3,6-7H2. The van der Waals surface area contributed by atoms with Crippen LogP contribution < -0.4 is 0 Å². The third-order valence-electron chi connectivity index (χ3n) is 3.79. The normalized spacial score (nSPS) is 16.2. The number of carbonyl (C=O) groups excluding carboxylic acids is 1. The number of aromatic nitrogens is 1.